The van der Waals surface area contributed by atoms with E-state index in [9.17, 15) is 0 Å². The number of hydrogen-bond donors (Lipinski definition) is 0. The van der Waals surface area contributed by atoms with E-state index in [4.69, 9.17) is 4.99 Å². The minimum absolute atomic E-state index is 0.154. The average molecular weight is 312 g/mol. The van der Waals surface area contributed by atoms with E-state index in [1.54, 1.807) is 0 Å². The fraction of sp³-hybridized carbons (Fsp3) is 0.136. The summed E-state index contributed by atoms with van der Waals surface area (Å²) >= 11 is 0. The third kappa shape index (κ3) is 2.71. The van der Waals surface area contributed by atoms with Crippen LogP contribution in [0.5, 0.6) is 0 Å². The fourth-order valence-electron chi connectivity index (χ4n) is 3.38. The van der Waals surface area contributed by atoms with Crippen LogP contribution in [0.2, 0.25) is 0 Å². The number of para-hydroxylation sites is 2. The lowest BCUT2D eigenvalue weighted by atomic mass is 9.98. The fourth-order valence-corrected chi connectivity index (χ4v) is 3.38. The Labute approximate surface area is 143 Å². The molecule has 0 saturated heterocycles. The molecule has 0 aliphatic carbocycles. The Hall–Kier alpha value is -2.87. The van der Waals surface area contributed by atoms with Crippen LogP contribution < -0.4 is 4.90 Å². The van der Waals surface area contributed by atoms with E-state index in [0.29, 0.717) is 0 Å². The SMILES string of the molecule is CC1=NC(c2ccccc2)Cc2ccccc2N1c1ccccc1. The van der Waals surface area contributed by atoms with Crippen LogP contribution in [0, 0.1) is 0 Å². The van der Waals surface area contributed by atoms with Crippen LogP contribution in [0.1, 0.15) is 24.1 Å². The molecule has 1 atom stereocenters. The number of hydrogen-bond acceptors (Lipinski definition) is 2. The third-order valence-corrected chi connectivity index (χ3v) is 4.51. The maximum Gasteiger partial charge on any atom is 0.106 e. The smallest absolute Gasteiger partial charge is 0.106 e. The first-order valence-electron chi connectivity index (χ1n) is 8.35. The molecule has 3 aromatic carbocycles. The molecule has 2 nitrogen and oxygen atoms in total. The van der Waals surface area contributed by atoms with Crippen LogP contribution >= 0.6 is 0 Å². The quantitative estimate of drug-likeness (QED) is 0.606. The second-order valence-corrected chi connectivity index (χ2v) is 6.11. The molecular weight excluding hydrogens is 292 g/mol. The summed E-state index contributed by atoms with van der Waals surface area (Å²) in [5, 5.41) is 0. The summed E-state index contributed by atoms with van der Waals surface area (Å²) in [6.07, 6.45) is 0.918. The van der Waals surface area contributed by atoms with Gasteiger partial charge in [-0.3, -0.25) is 9.89 Å². The second-order valence-electron chi connectivity index (χ2n) is 6.11. The van der Waals surface area contributed by atoms with Crippen LogP contribution in [0.25, 0.3) is 0 Å². The molecule has 1 unspecified atom stereocenters. The zero-order valence-corrected chi connectivity index (χ0v) is 13.8. The van der Waals surface area contributed by atoms with Gasteiger partial charge in [0.1, 0.15) is 5.84 Å². The van der Waals surface area contributed by atoms with Gasteiger partial charge in [-0.15, -0.1) is 0 Å². The normalized spacial score (nSPS) is 17.0. The zero-order chi connectivity index (χ0) is 16.4. The highest BCUT2D eigenvalue weighted by Crippen LogP contribution is 2.36. The van der Waals surface area contributed by atoms with Crippen molar-refractivity contribution in [1.29, 1.82) is 0 Å². The number of rotatable bonds is 2. The minimum Gasteiger partial charge on any atom is -0.299 e. The molecule has 2 heteroatoms. The van der Waals surface area contributed by atoms with Crippen molar-refractivity contribution in [2.45, 2.75) is 19.4 Å². The van der Waals surface area contributed by atoms with Crippen LogP contribution in [0.4, 0.5) is 11.4 Å². The molecule has 1 aliphatic rings. The standard InChI is InChI=1S/C22H20N2/c1-17-23-21(18-10-4-2-5-11-18)16-19-12-8-9-15-22(19)24(17)20-13-6-3-7-14-20/h2-15,21H,16H2,1H3. The summed E-state index contributed by atoms with van der Waals surface area (Å²) < 4.78 is 0. The van der Waals surface area contributed by atoms with Gasteiger partial charge in [0, 0.05) is 12.1 Å². The van der Waals surface area contributed by atoms with E-state index >= 15 is 0 Å². The van der Waals surface area contributed by atoms with Crippen molar-refractivity contribution < 1.29 is 0 Å². The van der Waals surface area contributed by atoms with Crippen LogP contribution in [0.3, 0.4) is 0 Å². The van der Waals surface area contributed by atoms with Crippen molar-refractivity contribution in [1.82, 2.24) is 0 Å². The molecule has 0 radical (unpaired) electrons. The van der Waals surface area contributed by atoms with Crippen molar-refractivity contribution in [3.63, 3.8) is 0 Å². The van der Waals surface area contributed by atoms with Crippen molar-refractivity contribution in [2.24, 2.45) is 4.99 Å². The Balaban J connectivity index is 1.86. The Kier molecular flexibility index (Phi) is 3.87. The van der Waals surface area contributed by atoms with Gasteiger partial charge in [-0.05, 0) is 36.2 Å². The summed E-state index contributed by atoms with van der Waals surface area (Å²) in [7, 11) is 0. The molecule has 0 bridgehead atoms. The molecule has 1 heterocycles. The van der Waals surface area contributed by atoms with Gasteiger partial charge in [0.25, 0.3) is 0 Å². The summed E-state index contributed by atoms with van der Waals surface area (Å²) in [6, 6.07) is 29.8. The second kappa shape index (κ2) is 6.32. The first kappa shape index (κ1) is 14.7. The van der Waals surface area contributed by atoms with Crippen molar-refractivity contribution in [3.8, 4) is 0 Å². The van der Waals surface area contributed by atoms with E-state index in [1.165, 1.54) is 16.8 Å². The van der Waals surface area contributed by atoms with Gasteiger partial charge in [-0.2, -0.15) is 0 Å². The highest BCUT2D eigenvalue weighted by atomic mass is 15.2. The van der Waals surface area contributed by atoms with Gasteiger partial charge in [0.15, 0.2) is 0 Å². The van der Waals surface area contributed by atoms with Gasteiger partial charge < -0.3 is 0 Å². The van der Waals surface area contributed by atoms with Crippen molar-refractivity contribution >= 4 is 17.2 Å². The van der Waals surface area contributed by atoms with Crippen LogP contribution in [-0.2, 0) is 6.42 Å². The lowest BCUT2D eigenvalue weighted by Crippen LogP contribution is -2.23. The molecule has 0 N–H and O–H groups in total. The molecule has 0 spiro atoms. The third-order valence-electron chi connectivity index (χ3n) is 4.51. The molecule has 0 aromatic heterocycles. The first-order chi connectivity index (χ1) is 11.8. The van der Waals surface area contributed by atoms with Gasteiger partial charge in [0.2, 0.25) is 0 Å². The van der Waals surface area contributed by atoms with Crippen molar-refractivity contribution in [3.05, 3.63) is 96.1 Å². The highest BCUT2D eigenvalue weighted by molar-refractivity contribution is 6.03. The monoisotopic (exact) mass is 312 g/mol. The number of aliphatic imine (C=N–C) groups is 1. The van der Waals surface area contributed by atoms with Gasteiger partial charge in [0.05, 0.1) is 11.7 Å². The Morgan fingerprint density at radius 3 is 2.17 bits per heavy atom. The van der Waals surface area contributed by atoms with Gasteiger partial charge >= 0.3 is 0 Å². The van der Waals surface area contributed by atoms with Crippen molar-refractivity contribution in [2.75, 3.05) is 4.90 Å². The summed E-state index contributed by atoms with van der Waals surface area (Å²) in [4.78, 5) is 7.32. The van der Waals surface area contributed by atoms with E-state index in [1.807, 2.05) is 6.07 Å². The Morgan fingerprint density at radius 1 is 0.792 bits per heavy atom. The first-order valence-corrected chi connectivity index (χ1v) is 8.35. The lowest BCUT2D eigenvalue weighted by Gasteiger charge is -2.25. The maximum atomic E-state index is 5.06. The van der Waals surface area contributed by atoms with Gasteiger partial charge in [-0.1, -0.05) is 66.7 Å². The van der Waals surface area contributed by atoms with E-state index in [2.05, 4.69) is 90.7 Å². The van der Waals surface area contributed by atoms with E-state index in [0.717, 1.165) is 17.9 Å². The number of benzene rings is 3. The molecule has 118 valence electrons. The highest BCUT2D eigenvalue weighted by Gasteiger charge is 2.23. The molecule has 4 rings (SSSR count). The number of amidine groups is 1. The Morgan fingerprint density at radius 2 is 1.42 bits per heavy atom. The molecular formula is C22H20N2. The number of nitrogens with zero attached hydrogens (tertiary/aromatic N) is 2. The van der Waals surface area contributed by atoms with Gasteiger partial charge in [-0.25, -0.2) is 0 Å². The van der Waals surface area contributed by atoms with Crippen LogP contribution in [0.15, 0.2) is 89.9 Å². The number of anilines is 2. The largest absolute Gasteiger partial charge is 0.299 e. The molecule has 0 fully saturated rings. The number of fused-ring (bicyclic) bond motifs is 1. The summed E-state index contributed by atoms with van der Waals surface area (Å²) in [5.41, 5.74) is 4.97. The predicted octanol–water partition coefficient (Wildman–Crippen LogP) is 5.54. The average Bonchev–Trinajstić information content (AvgIpc) is 2.79. The zero-order valence-electron chi connectivity index (χ0n) is 13.8. The molecule has 0 amide bonds. The summed E-state index contributed by atoms with van der Waals surface area (Å²) in [5.74, 6) is 1.03. The predicted molar refractivity (Wildman–Crippen MR) is 101 cm³/mol. The minimum atomic E-state index is 0.154. The molecule has 24 heavy (non-hydrogen) atoms. The topological polar surface area (TPSA) is 15.6 Å². The molecule has 1 aliphatic heterocycles. The maximum absolute atomic E-state index is 5.06. The van der Waals surface area contributed by atoms with E-state index in [-0.39, 0.29) is 6.04 Å². The molecule has 3 aromatic rings. The molecule has 0 saturated carbocycles. The van der Waals surface area contributed by atoms with Crippen LogP contribution in [-0.4, -0.2) is 5.84 Å². The Bertz CT molecular complexity index is 853. The lowest BCUT2D eigenvalue weighted by molar-refractivity contribution is 0.730. The summed E-state index contributed by atoms with van der Waals surface area (Å²) in [6.45, 7) is 2.10. The van der Waals surface area contributed by atoms with E-state index < -0.39 is 0 Å².